The van der Waals surface area contributed by atoms with Gasteiger partial charge >= 0.3 is 5.97 Å². The molecule has 0 heterocycles. The van der Waals surface area contributed by atoms with Crippen LogP contribution in [-0.2, 0) is 9.53 Å². The van der Waals surface area contributed by atoms with Gasteiger partial charge in [0, 0.05) is 6.54 Å². The van der Waals surface area contributed by atoms with Gasteiger partial charge in [-0.15, -0.1) is 0 Å². The molecule has 0 aliphatic rings. The fraction of sp³-hybridized carbons (Fsp3) is 0.941. The lowest BCUT2D eigenvalue weighted by Gasteiger charge is -2.05. The van der Waals surface area contributed by atoms with Crippen molar-refractivity contribution in [1.82, 2.24) is 5.32 Å². The van der Waals surface area contributed by atoms with Crippen LogP contribution in [0.15, 0.2) is 0 Å². The van der Waals surface area contributed by atoms with Gasteiger partial charge in [-0.05, 0) is 32.9 Å². The van der Waals surface area contributed by atoms with E-state index in [0.29, 0.717) is 13.0 Å². The Balaban J connectivity index is 3.01. The van der Waals surface area contributed by atoms with Crippen LogP contribution in [0.4, 0.5) is 0 Å². The predicted molar refractivity (Wildman–Crippen MR) is 89.3 cm³/mol. The molecule has 0 saturated heterocycles. The Kier molecular flexibility index (Phi) is 16.9. The fourth-order valence-electron chi connectivity index (χ4n) is 2.36. The van der Waals surface area contributed by atoms with Gasteiger partial charge in [0.25, 0.3) is 0 Å². The molecule has 0 aliphatic heterocycles. The summed E-state index contributed by atoms with van der Waals surface area (Å²) in [4.78, 5) is 11.1. The zero-order valence-corrected chi connectivity index (χ0v) is 14.0. The molecule has 0 aromatic heterocycles. The van der Waals surface area contributed by atoms with Crippen LogP contribution in [0.5, 0.6) is 0 Å². The molecule has 0 bridgehead atoms. The minimum atomic E-state index is -0.100. The van der Waals surface area contributed by atoms with Crippen LogP contribution in [-0.4, -0.2) is 32.2 Å². The van der Waals surface area contributed by atoms with Crippen molar-refractivity contribution in [2.45, 2.75) is 77.6 Å². The van der Waals surface area contributed by atoms with Crippen LogP contribution in [0, 0.1) is 0 Å². The van der Waals surface area contributed by atoms with Crippen LogP contribution in [0.25, 0.3) is 0 Å². The number of rotatable bonds is 16. The number of ether oxygens (including phenoxy) is 1. The van der Waals surface area contributed by atoms with E-state index in [0.717, 1.165) is 19.6 Å². The standard InChI is InChI=1S/C17H36N2O2/c1-2-21-17(20)13-16-19-15-12-10-8-6-4-3-5-7-9-11-14-18/h19H,2-16,18H2,1H3. The van der Waals surface area contributed by atoms with Crippen molar-refractivity contribution in [2.24, 2.45) is 5.73 Å². The third-order valence-corrected chi connectivity index (χ3v) is 3.62. The van der Waals surface area contributed by atoms with E-state index < -0.39 is 0 Å². The number of nitrogens with one attached hydrogen (secondary N) is 1. The van der Waals surface area contributed by atoms with Gasteiger partial charge < -0.3 is 15.8 Å². The van der Waals surface area contributed by atoms with Crippen molar-refractivity contribution in [3.63, 3.8) is 0 Å². The number of nitrogens with two attached hydrogens (primary N) is 1. The minimum Gasteiger partial charge on any atom is -0.466 e. The Morgan fingerprint density at radius 3 is 1.90 bits per heavy atom. The van der Waals surface area contributed by atoms with Crippen LogP contribution >= 0.6 is 0 Å². The van der Waals surface area contributed by atoms with E-state index in [9.17, 15) is 4.79 Å². The van der Waals surface area contributed by atoms with E-state index in [1.807, 2.05) is 6.92 Å². The first kappa shape index (κ1) is 20.4. The quantitative estimate of drug-likeness (QED) is 0.339. The maximum Gasteiger partial charge on any atom is 0.307 e. The molecule has 4 nitrogen and oxygen atoms in total. The highest BCUT2D eigenvalue weighted by atomic mass is 16.5. The first-order valence-electron chi connectivity index (χ1n) is 8.87. The third kappa shape index (κ3) is 17.3. The van der Waals surface area contributed by atoms with Crippen molar-refractivity contribution in [3.05, 3.63) is 0 Å². The van der Waals surface area contributed by atoms with Crippen molar-refractivity contribution in [2.75, 3.05) is 26.2 Å². The van der Waals surface area contributed by atoms with Gasteiger partial charge in [0.1, 0.15) is 0 Å². The number of hydrogen-bond acceptors (Lipinski definition) is 4. The molecule has 0 rings (SSSR count). The molecular weight excluding hydrogens is 264 g/mol. The van der Waals surface area contributed by atoms with Crippen LogP contribution in [0.2, 0.25) is 0 Å². The minimum absolute atomic E-state index is 0.100. The average molecular weight is 300 g/mol. The smallest absolute Gasteiger partial charge is 0.307 e. The summed E-state index contributed by atoms with van der Waals surface area (Å²) in [6.07, 6.45) is 13.6. The Labute approximate surface area is 131 Å². The number of hydrogen-bond donors (Lipinski definition) is 2. The molecule has 0 radical (unpaired) electrons. The Hall–Kier alpha value is -0.610. The Morgan fingerprint density at radius 2 is 1.38 bits per heavy atom. The van der Waals surface area contributed by atoms with E-state index in [-0.39, 0.29) is 5.97 Å². The average Bonchev–Trinajstić information content (AvgIpc) is 2.48. The van der Waals surface area contributed by atoms with Crippen LogP contribution < -0.4 is 11.1 Å². The monoisotopic (exact) mass is 300 g/mol. The van der Waals surface area contributed by atoms with Crippen LogP contribution in [0.3, 0.4) is 0 Å². The molecule has 0 amide bonds. The van der Waals surface area contributed by atoms with E-state index >= 15 is 0 Å². The summed E-state index contributed by atoms with van der Waals surface area (Å²) in [7, 11) is 0. The molecule has 0 spiro atoms. The predicted octanol–water partition coefficient (Wildman–Crippen LogP) is 3.39. The van der Waals surface area contributed by atoms with Gasteiger partial charge in [-0.3, -0.25) is 4.79 Å². The normalized spacial score (nSPS) is 10.8. The van der Waals surface area contributed by atoms with Crippen molar-refractivity contribution in [3.8, 4) is 0 Å². The molecule has 126 valence electrons. The summed E-state index contributed by atoms with van der Waals surface area (Å²) in [6.45, 7) is 4.91. The van der Waals surface area contributed by atoms with Gasteiger partial charge in [-0.25, -0.2) is 0 Å². The van der Waals surface area contributed by atoms with Gasteiger partial charge in [0.15, 0.2) is 0 Å². The molecule has 0 aromatic carbocycles. The molecule has 3 N–H and O–H groups in total. The summed E-state index contributed by atoms with van der Waals surface area (Å²) in [5.41, 5.74) is 5.47. The SMILES string of the molecule is CCOC(=O)CCNCCCCCCCCCCCCN. The maximum absolute atomic E-state index is 11.1. The van der Waals surface area contributed by atoms with Gasteiger partial charge in [-0.2, -0.15) is 0 Å². The number of carbonyl (C=O) groups is 1. The van der Waals surface area contributed by atoms with Crippen molar-refractivity contribution in [1.29, 1.82) is 0 Å². The lowest BCUT2D eigenvalue weighted by molar-refractivity contribution is -0.142. The Bertz CT molecular complexity index is 223. The summed E-state index contributed by atoms with van der Waals surface area (Å²) >= 11 is 0. The highest BCUT2D eigenvalue weighted by molar-refractivity contribution is 5.69. The molecule has 0 aromatic rings. The van der Waals surface area contributed by atoms with E-state index in [1.165, 1.54) is 64.2 Å². The lowest BCUT2D eigenvalue weighted by Crippen LogP contribution is -2.20. The summed E-state index contributed by atoms with van der Waals surface area (Å²) in [5, 5.41) is 3.29. The van der Waals surface area contributed by atoms with Gasteiger partial charge in [0.2, 0.25) is 0 Å². The zero-order valence-electron chi connectivity index (χ0n) is 14.0. The first-order valence-corrected chi connectivity index (χ1v) is 8.87. The second-order valence-electron chi connectivity index (χ2n) is 5.63. The molecule has 0 unspecified atom stereocenters. The summed E-state index contributed by atoms with van der Waals surface area (Å²) < 4.78 is 4.87. The highest BCUT2D eigenvalue weighted by Gasteiger charge is 1.99. The number of carbonyl (C=O) groups excluding carboxylic acids is 1. The van der Waals surface area contributed by atoms with E-state index in [4.69, 9.17) is 10.5 Å². The van der Waals surface area contributed by atoms with Crippen molar-refractivity contribution < 1.29 is 9.53 Å². The number of esters is 1. The van der Waals surface area contributed by atoms with Crippen LogP contribution in [0.1, 0.15) is 77.6 Å². The topological polar surface area (TPSA) is 64.3 Å². The fourth-order valence-corrected chi connectivity index (χ4v) is 2.36. The zero-order chi connectivity index (χ0) is 15.6. The molecule has 21 heavy (non-hydrogen) atoms. The lowest BCUT2D eigenvalue weighted by atomic mass is 10.1. The van der Waals surface area contributed by atoms with E-state index in [1.54, 1.807) is 0 Å². The highest BCUT2D eigenvalue weighted by Crippen LogP contribution is 2.10. The first-order chi connectivity index (χ1) is 10.3. The summed E-state index contributed by atoms with van der Waals surface area (Å²) in [6, 6.07) is 0. The largest absolute Gasteiger partial charge is 0.466 e. The third-order valence-electron chi connectivity index (χ3n) is 3.62. The van der Waals surface area contributed by atoms with E-state index in [2.05, 4.69) is 5.32 Å². The van der Waals surface area contributed by atoms with Crippen molar-refractivity contribution >= 4 is 5.97 Å². The number of unbranched alkanes of at least 4 members (excludes halogenated alkanes) is 9. The molecule has 0 atom stereocenters. The summed E-state index contributed by atoms with van der Waals surface area (Å²) in [5.74, 6) is -0.100. The molecule has 4 heteroatoms. The second kappa shape index (κ2) is 17.4. The second-order valence-corrected chi connectivity index (χ2v) is 5.63. The molecule has 0 fully saturated rings. The molecule has 0 saturated carbocycles. The van der Waals surface area contributed by atoms with Gasteiger partial charge in [0.05, 0.1) is 13.0 Å². The Morgan fingerprint density at radius 1 is 0.857 bits per heavy atom. The molecular formula is C17H36N2O2. The maximum atomic E-state index is 11.1. The van der Waals surface area contributed by atoms with Gasteiger partial charge in [-0.1, -0.05) is 51.4 Å². The molecule has 0 aliphatic carbocycles.